The van der Waals surface area contributed by atoms with E-state index in [1.54, 1.807) is 26.0 Å². The number of nitrogens with zero attached hydrogens (tertiary/aromatic N) is 5. The van der Waals surface area contributed by atoms with Gasteiger partial charge in [0.25, 0.3) is 11.8 Å². The number of aryl methyl sites for hydroxylation is 1. The highest BCUT2D eigenvalue weighted by Gasteiger charge is 2.51. The molecule has 5 atom stereocenters. The van der Waals surface area contributed by atoms with Crippen LogP contribution in [0, 0.1) is 11.3 Å². The lowest BCUT2D eigenvalue weighted by Gasteiger charge is -2.37. The third-order valence-corrected chi connectivity index (χ3v) is 13.7. The fourth-order valence-electron chi connectivity index (χ4n) is 10.3. The van der Waals surface area contributed by atoms with Gasteiger partial charge in [-0.1, -0.05) is 53.7 Å². The molecule has 6 bridgehead atoms. The first-order chi connectivity index (χ1) is 31.8. The molecule has 4 aliphatic rings. The number of amides is 4. The van der Waals surface area contributed by atoms with E-state index in [4.69, 9.17) is 9.72 Å². The van der Waals surface area contributed by atoms with Gasteiger partial charge in [0, 0.05) is 74.1 Å². The molecule has 0 radical (unpaired) electrons. The second-order valence-electron chi connectivity index (χ2n) is 20.4. The summed E-state index contributed by atoms with van der Waals surface area (Å²) >= 11 is 0. The summed E-state index contributed by atoms with van der Waals surface area (Å²) < 4.78 is 24.9. The summed E-state index contributed by atoms with van der Waals surface area (Å²) in [6, 6.07) is 11.8. The van der Waals surface area contributed by atoms with Crippen LogP contribution < -0.4 is 16.1 Å². The zero-order chi connectivity index (χ0) is 48.1. The van der Waals surface area contributed by atoms with Gasteiger partial charge in [-0.2, -0.15) is 0 Å². The van der Waals surface area contributed by atoms with Crippen LogP contribution >= 0.6 is 0 Å². The lowest BCUT2D eigenvalue weighted by atomic mass is 9.83. The maximum atomic E-state index is 16.5. The molecule has 0 saturated carbocycles. The van der Waals surface area contributed by atoms with Crippen molar-refractivity contribution >= 4 is 40.5 Å². The Morgan fingerprint density at radius 3 is 2.52 bits per heavy atom. The molecule has 8 rings (SSSR count). The van der Waals surface area contributed by atoms with E-state index in [0.29, 0.717) is 43.5 Å². The van der Waals surface area contributed by atoms with Crippen molar-refractivity contribution in [2.45, 2.75) is 123 Å². The van der Waals surface area contributed by atoms with Gasteiger partial charge in [-0.05, 0) is 96.7 Å². The molecule has 2 aromatic carbocycles. The molecule has 4 N–H and O–H groups in total. The molecule has 4 aliphatic heterocycles. The molecular formula is C51H65FN8O7. The Morgan fingerprint density at radius 2 is 1.82 bits per heavy atom. The van der Waals surface area contributed by atoms with Crippen LogP contribution in [0.1, 0.15) is 90.5 Å². The normalized spacial score (nSPS) is 23.5. The smallest absolute Gasteiger partial charge is 0.324 e. The number of carbonyl (C=O) groups excluding carboxylic acids is 5. The first-order valence-electron chi connectivity index (χ1n) is 23.8. The minimum absolute atomic E-state index is 0.0382. The number of carbonyl (C=O) groups is 5. The van der Waals surface area contributed by atoms with Crippen molar-refractivity contribution in [3.05, 3.63) is 71.5 Å². The van der Waals surface area contributed by atoms with Crippen LogP contribution in [0.5, 0.6) is 5.75 Å². The number of rotatable bonds is 9. The summed E-state index contributed by atoms with van der Waals surface area (Å²) in [4.78, 5) is 77.1. The quantitative estimate of drug-likeness (QED) is 0.127. The number of esters is 1. The van der Waals surface area contributed by atoms with Gasteiger partial charge in [-0.3, -0.25) is 34.0 Å². The zero-order valence-corrected chi connectivity index (χ0v) is 39.9. The molecule has 16 heteroatoms. The number of aromatic hydroxyl groups is 1. The van der Waals surface area contributed by atoms with Gasteiger partial charge in [0.1, 0.15) is 23.9 Å². The number of benzene rings is 2. The Bertz CT molecular complexity index is 2590. The summed E-state index contributed by atoms with van der Waals surface area (Å²) in [5.41, 5.74) is 7.40. The van der Waals surface area contributed by atoms with Crippen molar-refractivity contribution in [3.8, 4) is 28.1 Å². The summed E-state index contributed by atoms with van der Waals surface area (Å²) in [7, 11) is 1.37. The largest absolute Gasteiger partial charge is 0.508 e. The highest BCUT2D eigenvalue weighted by Crippen LogP contribution is 2.42. The van der Waals surface area contributed by atoms with E-state index in [1.165, 1.54) is 17.0 Å². The molecule has 6 heterocycles. The second-order valence-corrected chi connectivity index (χ2v) is 20.4. The molecule has 3 fully saturated rings. The molecule has 0 aliphatic carbocycles. The molecule has 4 aromatic rings. The lowest BCUT2D eigenvalue weighted by molar-refractivity contribution is -0.155. The number of pyridine rings is 1. The van der Waals surface area contributed by atoms with Gasteiger partial charge >= 0.3 is 5.97 Å². The van der Waals surface area contributed by atoms with Gasteiger partial charge in [0.2, 0.25) is 17.5 Å². The van der Waals surface area contributed by atoms with Gasteiger partial charge in [-0.15, -0.1) is 0 Å². The van der Waals surface area contributed by atoms with Crippen molar-refractivity contribution in [1.82, 2.24) is 40.4 Å². The molecular weight excluding hydrogens is 856 g/mol. The summed E-state index contributed by atoms with van der Waals surface area (Å²) in [5, 5.41) is 19.5. The average molecular weight is 921 g/mol. The van der Waals surface area contributed by atoms with E-state index in [1.807, 2.05) is 24.4 Å². The number of hydrogen-bond acceptors (Lipinski definition) is 10. The van der Waals surface area contributed by atoms with Crippen molar-refractivity contribution in [2.75, 3.05) is 39.8 Å². The standard InChI is InChI=1S/C51H65FN8O7/c1-9-59-41-15-14-32-24-36(41)37(44(59)35-12-10-17-53-42(35)29(2)3)25-50(6,7)28-67-48(65)38-13-11-18-60(56-38)47(64)39(22-31-20-33(32)23-34(61)21-31)55-45(62)43(30(4)5)57(8)49(66)51(52)16-19-58(27-51)46(63)40-26-54-40/h10,12,14-15,17,20-21,23-24,29-30,38-40,43,54,56,61H,9,11,13,16,18-19,22,25-28H2,1-8H3,(H,55,62)/t38-,39-,40-,43-,51+/m0/s1. The van der Waals surface area contributed by atoms with Crippen LogP contribution in [-0.2, 0) is 48.1 Å². The number of fused-ring (bicyclic) bond motifs is 6. The number of halogens is 1. The minimum atomic E-state index is -2.39. The van der Waals surface area contributed by atoms with Crippen LogP contribution in [0.2, 0.25) is 0 Å². The Kier molecular flexibility index (Phi) is 13.3. The Balaban J connectivity index is 1.18. The third kappa shape index (κ3) is 9.65. The van der Waals surface area contributed by atoms with Crippen molar-refractivity contribution in [1.29, 1.82) is 0 Å². The lowest BCUT2D eigenvalue weighted by Crippen LogP contribution is -2.62. The molecule has 15 nitrogen and oxygen atoms in total. The van der Waals surface area contributed by atoms with Crippen LogP contribution in [0.25, 0.3) is 33.3 Å². The first kappa shape index (κ1) is 47.6. The number of hydrazine groups is 1. The topological polar surface area (TPSA) is 188 Å². The third-order valence-electron chi connectivity index (χ3n) is 13.7. The van der Waals surface area contributed by atoms with E-state index in [2.05, 4.69) is 73.4 Å². The Labute approximate surface area is 391 Å². The molecule has 4 amide bonds. The Morgan fingerprint density at radius 1 is 1.06 bits per heavy atom. The second kappa shape index (κ2) is 18.7. The number of aromatic nitrogens is 2. The van der Waals surface area contributed by atoms with Gasteiger partial charge in [0.15, 0.2) is 0 Å². The fourth-order valence-corrected chi connectivity index (χ4v) is 10.3. The van der Waals surface area contributed by atoms with E-state index in [9.17, 15) is 29.1 Å². The van der Waals surface area contributed by atoms with Crippen molar-refractivity contribution in [2.24, 2.45) is 11.3 Å². The van der Waals surface area contributed by atoms with Crippen molar-refractivity contribution < 1.29 is 38.2 Å². The van der Waals surface area contributed by atoms with Crippen LogP contribution in [-0.4, -0.2) is 129 Å². The van der Waals surface area contributed by atoms with Gasteiger partial charge in [0.05, 0.1) is 30.6 Å². The monoisotopic (exact) mass is 920 g/mol. The number of phenolic OH excluding ortho intramolecular Hbond substituents is 1. The van der Waals surface area contributed by atoms with Crippen molar-refractivity contribution in [3.63, 3.8) is 0 Å². The molecule has 2 aromatic heterocycles. The van der Waals surface area contributed by atoms with E-state index in [-0.39, 0.29) is 56.2 Å². The van der Waals surface area contributed by atoms with E-state index in [0.717, 1.165) is 43.9 Å². The predicted octanol–water partition coefficient (Wildman–Crippen LogP) is 5.26. The first-order valence-corrected chi connectivity index (χ1v) is 23.8. The SMILES string of the molecule is CCn1c(-c2cccnc2C(C)C)c2c3cc(ccc31)-c1cc(O)cc(c1)C[C@H](NC(=O)[C@H](C(C)C)N(C)C(=O)[C@@]1(F)CCN(C(=O)[C@@H]3CN3)C1)C(=O)N1CCC[C@H](N1)C(=O)OCC(C)(C)C2. The summed E-state index contributed by atoms with van der Waals surface area (Å²) in [6.07, 6.45) is 3.00. The molecule has 358 valence electrons. The minimum Gasteiger partial charge on any atom is -0.508 e. The summed E-state index contributed by atoms with van der Waals surface area (Å²) in [6.45, 7) is 15.2. The fraction of sp³-hybridized carbons (Fsp3) is 0.529. The maximum Gasteiger partial charge on any atom is 0.324 e. The number of likely N-dealkylation sites (tertiary alicyclic amines) is 1. The molecule has 3 saturated heterocycles. The van der Waals surface area contributed by atoms with Crippen LogP contribution in [0.3, 0.4) is 0 Å². The van der Waals surface area contributed by atoms with Gasteiger partial charge in [-0.25, -0.2) is 9.82 Å². The number of likely N-dealkylation sites (N-methyl/N-ethyl adjacent to an activating group) is 1. The van der Waals surface area contributed by atoms with Gasteiger partial charge < -0.3 is 34.8 Å². The van der Waals surface area contributed by atoms with E-state index < -0.39 is 65.4 Å². The average Bonchev–Trinajstić information content (AvgIpc) is 4.01. The molecule has 0 unspecified atom stereocenters. The van der Waals surface area contributed by atoms with Crippen LogP contribution in [0.4, 0.5) is 4.39 Å². The number of phenols is 1. The highest BCUT2D eigenvalue weighted by atomic mass is 19.1. The molecule has 0 spiro atoms. The molecule has 67 heavy (non-hydrogen) atoms. The maximum absolute atomic E-state index is 16.5. The Hall–Kier alpha value is -5.87. The van der Waals surface area contributed by atoms with Crippen LogP contribution in [0.15, 0.2) is 54.7 Å². The number of cyclic esters (lactones) is 1. The summed E-state index contributed by atoms with van der Waals surface area (Å²) in [5.74, 6) is -3.29. The highest BCUT2D eigenvalue weighted by molar-refractivity contribution is 5.97. The number of nitrogens with one attached hydrogen (secondary N) is 3. The number of ether oxygens (including phenoxy) is 1. The number of alkyl halides is 1. The zero-order valence-electron chi connectivity index (χ0n) is 39.9. The van der Waals surface area contributed by atoms with E-state index >= 15 is 4.39 Å². The number of hydrogen-bond donors (Lipinski definition) is 4. The predicted molar refractivity (Wildman–Crippen MR) is 252 cm³/mol.